The van der Waals surface area contributed by atoms with Crippen LogP contribution in [0.5, 0.6) is 11.5 Å². The Balaban J connectivity index is 0.00000329. The van der Waals surface area contributed by atoms with Gasteiger partial charge in [-0.3, -0.25) is 0 Å². The largest absolute Gasteiger partial charge is 0.488 e. The smallest absolute Gasteiger partial charge is 0.191 e. The highest BCUT2D eigenvalue weighted by Gasteiger charge is 2.52. The third-order valence-electron chi connectivity index (χ3n) is 10.4. The van der Waals surface area contributed by atoms with E-state index in [1.165, 1.54) is 66.0 Å². The van der Waals surface area contributed by atoms with Crippen molar-refractivity contribution in [1.82, 2.24) is 5.32 Å². The molecule has 232 valence electrons. The van der Waals surface area contributed by atoms with Gasteiger partial charge in [-0.25, -0.2) is 0 Å². The van der Waals surface area contributed by atoms with Gasteiger partial charge in [0.2, 0.25) is 0 Å². The average Bonchev–Trinajstić information content (AvgIpc) is 3.00. The van der Waals surface area contributed by atoms with Gasteiger partial charge in [0.25, 0.3) is 0 Å². The van der Waals surface area contributed by atoms with Crippen LogP contribution >= 0.6 is 12.4 Å². The van der Waals surface area contributed by atoms with E-state index in [0.717, 1.165) is 48.9 Å². The fourth-order valence-electron chi connectivity index (χ4n) is 8.68. The second kappa shape index (κ2) is 12.9. The number of fused-ring (bicyclic) bond motifs is 1. The molecule has 3 atom stereocenters. The Morgan fingerprint density at radius 1 is 0.953 bits per heavy atom. The van der Waals surface area contributed by atoms with Crippen LogP contribution in [-0.4, -0.2) is 52.1 Å². The number of morpholine rings is 1. The van der Waals surface area contributed by atoms with Crippen LogP contribution in [0, 0.1) is 17.8 Å². The Bertz CT molecular complexity index is 1350. The summed E-state index contributed by atoms with van der Waals surface area (Å²) in [5, 5.41) is 5.86. The lowest BCUT2D eigenvalue weighted by Crippen LogP contribution is -2.48. The van der Waals surface area contributed by atoms with Gasteiger partial charge in [0, 0.05) is 25.8 Å². The van der Waals surface area contributed by atoms with Crippen molar-refractivity contribution in [3.63, 3.8) is 0 Å². The van der Waals surface area contributed by atoms with E-state index in [-0.39, 0.29) is 43.1 Å². The lowest BCUT2D eigenvalue weighted by molar-refractivity contribution is -0.150. The molecule has 1 N–H and O–H groups in total. The summed E-state index contributed by atoms with van der Waals surface area (Å²) in [4.78, 5) is 0. The molecule has 1 saturated heterocycles. The molecule has 43 heavy (non-hydrogen) atoms. The second-order valence-corrected chi connectivity index (χ2v) is 13.3. The fraction of sp³-hybridized carbons (Fsp3) is 0.556. The van der Waals surface area contributed by atoms with E-state index in [1.807, 2.05) is 6.92 Å². The van der Waals surface area contributed by atoms with E-state index in [2.05, 4.69) is 66.8 Å². The predicted octanol–water partition coefficient (Wildman–Crippen LogP) is 7.50. The number of halogens is 1. The van der Waals surface area contributed by atoms with Crippen LogP contribution in [0.25, 0.3) is 21.9 Å². The fourth-order valence-corrected chi connectivity index (χ4v) is 8.68. The normalized spacial score (nSPS) is 29.2. The number of benzene rings is 3. The van der Waals surface area contributed by atoms with Gasteiger partial charge < -0.3 is 29.0 Å². The van der Waals surface area contributed by atoms with Gasteiger partial charge in [0.05, 0.1) is 6.61 Å². The molecule has 1 aliphatic heterocycles. The van der Waals surface area contributed by atoms with Gasteiger partial charge in [0.15, 0.2) is 13.1 Å². The van der Waals surface area contributed by atoms with Crippen LogP contribution in [0.15, 0.2) is 54.6 Å². The van der Waals surface area contributed by atoms with E-state index >= 15 is 0 Å². The molecule has 1 heterocycles. The highest BCUT2D eigenvalue weighted by atomic mass is 35.5. The molecule has 0 spiro atoms. The van der Waals surface area contributed by atoms with E-state index in [1.54, 1.807) is 7.11 Å². The van der Waals surface area contributed by atoms with Crippen LogP contribution in [0.4, 0.5) is 0 Å². The molecule has 0 amide bonds. The summed E-state index contributed by atoms with van der Waals surface area (Å²) in [7, 11) is 1.66. The standard InChI is InChI=1S/C36H45NO5.ClH/c1-23(35-21-37-11-12-39-35)42-30-9-7-28(8-10-30)31-6-4-5-29-16-34(41-22-40-24(2)38-3)33(17-32(29)31)36-18-25-13-26(19-36)15-27(14-25)20-36;/h4-10,16-17,23-27,35,37H,11-15,18-22H2,1-3H3;1H. The molecule has 7 heteroatoms. The maximum atomic E-state index is 6.42. The predicted molar refractivity (Wildman–Crippen MR) is 172 cm³/mol. The van der Waals surface area contributed by atoms with Crippen molar-refractivity contribution >= 4 is 23.2 Å². The summed E-state index contributed by atoms with van der Waals surface area (Å²) in [5.41, 5.74) is 4.01. The SMILES string of the molecule is COC(C)OCOc1cc2cccc(-c3ccc(OC(C)C4CNCCO4)cc3)c2cc1C12CC3CC(CC(C3)C1)C2.Cl. The topological polar surface area (TPSA) is 58.2 Å². The third-order valence-corrected chi connectivity index (χ3v) is 10.4. The number of ether oxygens (including phenoxy) is 5. The molecule has 8 rings (SSSR count). The first-order valence-electron chi connectivity index (χ1n) is 15.9. The molecular formula is C36H46ClNO5. The molecule has 4 saturated carbocycles. The Morgan fingerprint density at radius 2 is 1.67 bits per heavy atom. The van der Waals surface area contributed by atoms with Crippen molar-refractivity contribution < 1.29 is 23.7 Å². The lowest BCUT2D eigenvalue weighted by Gasteiger charge is -2.57. The van der Waals surface area contributed by atoms with Gasteiger partial charge in [-0.15, -0.1) is 12.4 Å². The highest BCUT2D eigenvalue weighted by molar-refractivity contribution is 5.98. The summed E-state index contributed by atoms with van der Waals surface area (Å²) in [6.45, 7) is 6.63. The lowest BCUT2D eigenvalue weighted by atomic mass is 9.48. The van der Waals surface area contributed by atoms with Gasteiger partial charge in [-0.05, 0) is 122 Å². The van der Waals surface area contributed by atoms with Crippen LogP contribution in [0.1, 0.15) is 57.9 Å². The summed E-state index contributed by atoms with van der Waals surface area (Å²) in [5.74, 6) is 4.40. The molecule has 0 aromatic heterocycles. The number of nitrogens with one attached hydrogen (secondary N) is 1. The minimum Gasteiger partial charge on any atom is -0.488 e. The molecule has 3 aromatic carbocycles. The van der Waals surface area contributed by atoms with Crippen LogP contribution in [0.2, 0.25) is 0 Å². The van der Waals surface area contributed by atoms with E-state index in [4.69, 9.17) is 23.7 Å². The van der Waals surface area contributed by atoms with Crippen LogP contribution in [0.3, 0.4) is 0 Å². The molecule has 0 radical (unpaired) electrons. The average molecular weight is 608 g/mol. The summed E-state index contributed by atoms with van der Waals surface area (Å²) in [6.07, 6.45) is 7.84. The van der Waals surface area contributed by atoms with Crippen molar-refractivity contribution in [2.45, 2.75) is 76.3 Å². The number of methoxy groups -OCH3 is 1. The maximum absolute atomic E-state index is 6.42. The van der Waals surface area contributed by atoms with Gasteiger partial charge >= 0.3 is 0 Å². The number of hydrogen-bond acceptors (Lipinski definition) is 6. The Hall–Kier alpha value is -2.35. The molecule has 4 bridgehead atoms. The minimum absolute atomic E-state index is 0. The minimum atomic E-state index is -0.304. The zero-order chi connectivity index (χ0) is 28.7. The van der Waals surface area contributed by atoms with Crippen LogP contribution < -0.4 is 14.8 Å². The van der Waals surface area contributed by atoms with Crippen molar-refractivity contribution in [1.29, 1.82) is 0 Å². The quantitative estimate of drug-likeness (QED) is 0.241. The van der Waals surface area contributed by atoms with E-state index < -0.39 is 0 Å². The zero-order valence-electron chi connectivity index (χ0n) is 25.7. The Kier molecular flexibility index (Phi) is 9.23. The first-order chi connectivity index (χ1) is 20.5. The zero-order valence-corrected chi connectivity index (χ0v) is 26.5. The molecular weight excluding hydrogens is 562 g/mol. The molecule has 3 unspecified atom stereocenters. The summed E-state index contributed by atoms with van der Waals surface area (Å²) >= 11 is 0. The van der Waals surface area contributed by atoms with E-state index in [9.17, 15) is 0 Å². The van der Waals surface area contributed by atoms with Crippen molar-refractivity contribution in [2.24, 2.45) is 17.8 Å². The Morgan fingerprint density at radius 3 is 2.33 bits per heavy atom. The van der Waals surface area contributed by atoms with Gasteiger partial charge in [0.1, 0.15) is 23.7 Å². The highest BCUT2D eigenvalue weighted by Crippen LogP contribution is 2.62. The van der Waals surface area contributed by atoms with Gasteiger partial charge in [-0.1, -0.05) is 30.3 Å². The number of rotatable bonds is 10. The third kappa shape index (κ3) is 6.27. The molecule has 5 fully saturated rings. The van der Waals surface area contributed by atoms with Crippen molar-refractivity contribution in [2.75, 3.05) is 33.6 Å². The molecule has 3 aromatic rings. The van der Waals surface area contributed by atoms with Crippen LogP contribution in [-0.2, 0) is 19.6 Å². The van der Waals surface area contributed by atoms with Gasteiger partial charge in [-0.2, -0.15) is 0 Å². The van der Waals surface area contributed by atoms with Crippen molar-refractivity contribution in [3.8, 4) is 22.6 Å². The Labute approximate surface area is 262 Å². The number of hydrogen-bond donors (Lipinski definition) is 1. The van der Waals surface area contributed by atoms with Crippen molar-refractivity contribution in [3.05, 3.63) is 60.2 Å². The second-order valence-electron chi connectivity index (χ2n) is 13.3. The van der Waals surface area contributed by atoms with E-state index in [0.29, 0.717) is 0 Å². The summed E-state index contributed by atoms with van der Waals surface area (Å²) < 4.78 is 29.7. The first kappa shape index (κ1) is 30.7. The molecule has 6 nitrogen and oxygen atoms in total. The maximum Gasteiger partial charge on any atom is 0.191 e. The molecule has 4 aliphatic carbocycles. The molecule has 5 aliphatic rings. The summed E-state index contributed by atoms with van der Waals surface area (Å²) in [6, 6.07) is 19.9. The first-order valence-corrected chi connectivity index (χ1v) is 15.9. The monoisotopic (exact) mass is 607 g/mol.